The van der Waals surface area contributed by atoms with E-state index in [4.69, 9.17) is 5.11 Å². The Hall–Kier alpha value is -0.650. The Morgan fingerprint density at radius 2 is 2.06 bits per heavy atom. The van der Waals surface area contributed by atoms with Gasteiger partial charge in [-0.3, -0.25) is 4.79 Å². The van der Waals surface area contributed by atoms with E-state index < -0.39 is 5.97 Å². The van der Waals surface area contributed by atoms with Crippen LogP contribution in [0.25, 0.3) is 0 Å². The van der Waals surface area contributed by atoms with E-state index in [9.17, 15) is 4.79 Å². The molecule has 1 aliphatic heterocycles. The fraction of sp³-hybridized carbons (Fsp3) is 0.909. The number of rotatable bonds is 6. The first-order chi connectivity index (χ1) is 7.27. The Kier molecular flexibility index (Phi) is 3.93. The molecule has 0 aromatic heterocycles. The second-order valence-corrected chi connectivity index (χ2v) is 5.51. The minimum atomic E-state index is -0.739. The molecule has 0 radical (unpaired) electrons. The Labute approximate surface area is 97.2 Å². The Balaban J connectivity index is 2.49. The van der Waals surface area contributed by atoms with Crippen LogP contribution in [-0.2, 0) is 4.79 Å². The molecular formula is C11H23N3O2. The SMILES string of the molecule is CN(C)C(C)(C)CNC1(CC(=O)O)CNC1. The van der Waals surface area contributed by atoms with Crippen LogP contribution in [0.15, 0.2) is 0 Å². The van der Waals surface area contributed by atoms with Crippen LogP contribution in [0, 0.1) is 0 Å². The van der Waals surface area contributed by atoms with Crippen LogP contribution in [0.4, 0.5) is 0 Å². The Morgan fingerprint density at radius 3 is 2.38 bits per heavy atom. The second kappa shape index (κ2) is 4.69. The van der Waals surface area contributed by atoms with E-state index >= 15 is 0 Å². The average molecular weight is 229 g/mol. The first-order valence-corrected chi connectivity index (χ1v) is 5.62. The zero-order valence-corrected chi connectivity index (χ0v) is 10.6. The molecule has 1 saturated heterocycles. The molecule has 0 atom stereocenters. The van der Waals surface area contributed by atoms with Crippen molar-refractivity contribution in [1.29, 1.82) is 0 Å². The van der Waals surface area contributed by atoms with Crippen molar-refractivity contribution in [3.05, 3.63) is 0 Å². The quantitative estimate of drug-likeness (QED) is 0.585. The molecule has 1 heterocycles. The van der Waals surface area contributed by atoms with Crippen molar-refractivity contribution in [3.8, 4) is 0 Å². The molecule has 3 N–H and O–H groups in total. The highest BCUT2D eigenvalue weighted by Gasteiger charge is 2.39. The number of nitrogens with one attached hydrogen (secondary N) is 2. The van der Waals surface area contributed by atoms with E-state index in [2.05, 4.69) is 29.4 Å². The highest BCUT2D eigenvalue weighted by molar-refractivity contribution is 5.68. The number of carboxylic acids is 1. The summed E-state index contributed by atoms with van der Waals surface area (Å²) in [5.74, 6) is -0.739. The van der Waals surface area contributed by atoms with Crippen molar-refractivity contribution in [2.24, 2.45) is 0 Å². The van der Waals surface area contributed by atoms with E-state index in [0.717, 1.165) is 19.6 Å². The molecule has 0 aromatic carbocycles. The van der Waals surface area contributed by atoms with Gasteiger partial charge < -0.3 is 20.6 Å². The monoisotopic (exact) mass is 229 g/mol. The molecule has 0 spiro atoms. The van der Waals surface area contributed by atoms with Crippen molar-refractivity contribution in [3.63, 3.8) is 0 Å². The summed E-state index contributed by atoms with van der Waals surface area (Å²) in [6.07, 6.45) is 0.184. The third kappa shape index (κ3) is 3.17. The molecule has 0 unspecified atom stereocenters. The van der Waals surface area contributed by atoms with Crippen LogP contribution in [0.1, 0.15) is 20.3 Å². The number of hydrogen-bond donors (Lipinski definition) is 3. The van der Waals surface area contributed by atoms with Crippen molar-refractivity contribution >= 4 is 5.97 Å². The Bertz CT molecular complexity index is 260. The summed E-state index contributed by atoms with van der Waals surface area (Å²) in [4.78, 5) is 12.9. The minimum absolute atomic E-state index is 0.0289. The molecule has 0 aromatic rings. The third-order valence-corrected chi connectivity index (χ3v) is 3.52. The predicted molar refractivity (Wildman–Crippen MR) is 63.6 cm³/mol. The highest BCUT2D eigenvalue weighted by Crippen LogP contribution is 2.18. The largest absolute Gasteiger partial charge is 0.481 e. The van der Waals surface area contributed by atoms with Gasteiger partial charge in [0.25, 0.3) is 0 Å². The van der Waals surface area contributed by atoms with Gasteiger partial charge in [0.05, 0.1) is 12.0 Å². The van der Waals surface area contributed by atoms with Gasteiger partial charge in [0.1, 0.15) is 0 Å². The minimum Gasteiger partial charge on any atom is -0.481 e. The molecule has 94 valence electrons. The zero-order valence-electron chi connectivity index (χ0n) is 10.6. The first kappa shape index (κ1) is 13.4. The van der Waals surface area contributed by atoms with Gasteiger partial charge in [-0.05, 0) is 27.9 Å². The number of carboxylic acid groups (broad SMARTS) is 1. The molecule has 0 aliphatic carbocycles. The summed E-state index contributed by atoms with van der Waals surface area (Å²) in [6, 6.07) is 0. The summed E-state index contributed by atoms with van der Waals surface area (Å²) in [7, 11) is 4.06. The topological polar surface area (TPSA) is 64.6 Å². The van der Waals surface area contributed by atoms with Gasteiger partial charge in [-0.15, -0.1) is 0 Å². The fourth-order valence-electron chi connectivity index (χ4n) is 1.59. The lowest BCUT2D eigenvalue weighted by Crippen LogP contribution is -2.70. The van der Waals surface area contributed by atoms with E-state index in [0.29, 0.717) is 0 Å². The molecule has 1 fully saturated rings. The van der Waals surface area contributed by atoms with Crippen molar-refractivity contribution in [2.45, 2.75) is 31.3 Å². The van der Waals surface area contributed by atoms with Crippen LogP contribution in [-0.4, -0.2) is 60.8 Å². The summed E-state index contributed by atoms with van der Waals surface area (Å²) >= 11 is 0. The van der Waals surface area contributed by atoms with Gasteiger partial charge in [-0.2, -0.15) is 0 Å². The Morgan fingerprint density at radius 1 is 1.50 bits per heavy atom. The summed E-state index contributed by atoms with van der Waals surface area (Å²) < 4.78 is 0. The number of carbonyl (C=O) groups is 1. The molecule has 0 saturated carbocycles. The number of nitrogens with zero attached hydrogens (tertiary/aromatic N) is 1. The smallest absolute Gasteiger partial charge is 0.305 e. The zero-order chi connectivity index (χ0) is 12.4. The van der Waals surface area contributed by atoms with Crippen LogP contribution in [0.2, 0.25) is 0 Å². The van der Waals surface area contributed by atoms with Crippen molar-refractivity contribution in [1.82, 2.24) is 15.5 Å². The standard InChI is InChI=1S/C11H23N3O2/c1-10(2,14(3)4)6-13-11(5-9(15)16)7-12-8-11/h12-13H,5-8H2,1-4H3,(H,15,16). The van der Waals surface area contributed by atoms with E-state index in [1.807, 2.05) is 14.1 Å². The van der Waals surface area contributed by atoms with Gasteiger partial charge in [0.15, 0.2) is 0 Å². The molecule has 5 nitrogen and oxygen atoms in total. The molecule has 16 heavy (non-hydrogen) atoms. The van der Waals surface area contributed by atoms with Crippen molar-refractivity contribution < 1.29 is 9.90 Å². The van der Waals surface area contributed by atoms with Crippen molar-refractivity contribution in [2.75, 3.05) is 33.7 Å². The number of hydrogen-bond acceptors (Lipinski definition) is 4. The maximum Gasteiger partial charge on any atom is 0.305 e. The maximum atomic E-state index is 10.8. The van der Waals surface area contributed by atoms with Crippen LogP contribution < -0.4 is 10.6 Å². The van der Waals surface area contributed by atoms with Gasteiger partial charge >= 0.3 is 5.97 Å². The lowest BCUT2D eigenvalue weighted by atomic mass is 9.87. The fourth-order valence-corrected chi connectivity index (χ4v) is 1.59. The lowest BCUT2D eigenvalue weighted by Gasteiger charge is -2.45. The lowest BCUT2D eigenvalue weighted by molar-refractivity contribution is -0.139. The summed E-state index contributed by atoms with van der Waals surface area (Å²) in [5.41, 5.74) is -0.222. The molecular weight excluding hydrogens is 206 g/mol. The van der Waals surface area contributed by atoms with Gasteiger partial charge in [0.2, 0.25) is 0 Å². The molecule has 0 bridgehead atoms. The van der Waals surface area contributed by atoms with Gasteiger partial charge in [-0.25, -0.2) is 0 Å². The predicted octanol–water partition coefficient (Wildman–Crippen LogP) is -0.267. The summed E-state index contributed by atoms with van der Waals surface area (Å²) in [6.45, 7) is 6.54. The molecule has 0 amide bonds. The number of aliphatic carboxylic acids is 1. The van der Waals surface area contributed by atoms with Crippen LogP contribution in [0.5, 0.6) is 0 Å². The highest BCUT2D eigenvalue weighted by atomic mass is 16.4. The number of likely N-dealkylation sites (N-methyl/N-ethyl adjacent to an activating group) is 1. The van der Waals surface area contributed by atoms with Crippen LogP contribution >= 0.6 is 0 Å². The molecule has 1 rings (SSSR count). The van der Waals surface area contributed by atoms with Gasteiger partial charge in [0, 0.05) is 25.2 Å². The normalized spacial score (nSPS) is 19.6. The molecule has 1 aliphatic rings. The first-order valence-electron chi connectivity index (χ1n) is 5.62. The van der Waals surface area contributed by atoms with Gasteiger partial charge in [-0.1, -0.05) is 0 Å². The van der Waals surface area contributed by atoms with E-state index in [1.165, 1.54) is 0 Å². The maximum absolute atomic E-state index is 10.8. The van der Waals surface area contributed by atoms with E-state index in [-0.39, 0.29) is 17.5 Å². The molecule has 5 heteroatoms. The van der Waals surface area contributed by atoms with E-state index in [1.54, 1.807) is 0 Å². The second-order valence-electron chi connectivity index (χ2n) is 5.51. The average Bonchev–Trinajstić information content (AvgIpc) is 2.08. The third-order valence-electron chi connectivity index (χ3n) is 3.52. The summed E-state index contributed by atoms with van der Waals surface area (Å²) in [5, 5.41) is 15.4. The van der Waals surface area contributed by atoms with Crippen LogP contribution in [0.3, 0.4) is 0 Å².